The molecule has 1 aromatic heterocycles. The summed E-state index contributed by atoms with van der Waals surface area (Å²) in [5.74, 6) is 0.561. The summed E-state index contributed by atoms with van der Waals surface area (Å²) in [5, 5.41) is 2.63. The monoisotopic (exact) mass is 274 g/mol. The number of nitrogens with zero attached hydrogens (tertiary/aromatic N) is 3. The Bertz CT molecular complexity index is 461. The van der Waals surface area contributed by atoms with Gasteiger partial charge < -0.3 is 10.2 Å². The second kappa shape index (κ2) is 4.86. The highest BCUT2D eigenvalue weighted by molar-refractivity contribution is 5.49. The maximum Gasteiger partial charge on any atom is 0.451 e. The molecule has 1 N–H and O–H groups in total. The van der Waals surface area contributed by atoms with Gasteiger partial charge in [-0.1, -0.05) is 6.92 Å². The number of nitrogens with one attached hydrogen (secondary N) is 1. The molecular weight excluding hydrogens is 257 g/mol. The summed E-state index contributed by atoms with van der Waals surface area (Å²) in [7, 11) is 3.29. The lowest BCUT2D eigenvalue weighted by atomic mass is 10.3. The molecule has 0 aliphatic heterocycles. The van der Waals surface area contributed by atoms with Crippen LogP contribution in [0.2, 0.25) is 0 Å². The largest absolute Gasteiger partial charge is 0.451 e. The molecule has 2 atom stereocenters. The van der Waals surface area contributed by atoms with E-state index in [1.54, 1.807) is 11.9 Å². The minimum atomic E-state index is -4.53. The highest BCUT2D eigenvalue weighted by Crippen LogP contribution is 2.38. The van der Waals surface area contributed by atoms with Crippen LogP contribution in [0.1, 0.15) is 19.2 Å². The third-order valence-electron chi connectivity index (χ3n) is 3.40. The van der Waals surface area contributed by atoms with Crippen molar-refractivity contribution in [1.82, 2.24) is 9.97 Å². The molecule has 0 radical (unpaired) electrons. The molecule has 7 heteroatoms. The van der Waals surface area contributed by atoms with Gasteiger partial charge in [0.1, 0.15) is 11.6 Å². The molecule has 19 heavy (non-hydrogen) atoms. The Labute approximate surface area is 110 Å². The van der Waals surface area contributed by atoms with Crippen molar-refractivity contribution in [2.75, 3.05) is 30.9 Å². The molecule has 1 aliphatic carbocycles. The summed E-state index contributed by atoms with van der Waals surface area (Å²) in [6.45, 7) is 2.86. The van der Waals surface area contributed by atoms with Crippen LogP contribution in [0.25, 0.3) is 0 Å². The molecule has 0 aromatic carbocycles. The van der Waals surface area contributed by atoms with Gasteiger partial charge in [0.2, 0.25) is 5.82 Å². The van der Waals surface area contributed by atoms with E-state index >= 15 is 0 Å². The number of alkyl halides is 3. The standard InChI is InChI=1S/C12H17F3N4/c1-7-4-8(7)6-19(3)10-5-9(16-2)17-11(18-10)12(13,14)15/h5,7-8H,4,6H2,1-3H3,(H,16,17,18). The van der Waals surface area contributed by atoms with E-state index in [-0.39, 0.29) is 5.82 Å². The highest BCUT2D eigenvalue weighted by atomic mass is 19.4. The predicted molar refractivity (Wildman–Crippen MR) is 67.1 cm³/mol. The number of halogens is 3. The predicted octanol–water partition coefficient (Wildman–Crippen LogP) is 2.63. The van der Waals surface area contributed by atoms with E-state index in [2.05, 4.69) is 22.2 Å². The molecular formula is C12H17F3N4. The summed E-state index contributed by atoms with van der Waals surface area (Å²) >= 11 is 0. The van der Waals surface area contributed by atoms with Crippen LogP contribution in [-0.2, 0) is 6.18 Å². The minimum absolute atomic E-state index is 0.174. The van der Waals surface area contributed by atoms with Crippen molar-refractivity contribution < 1.29 is 13.2 Å². The molecule has 1 heterocycles. The average Bonchev–Trinajstić information content (AvgIpc) is 3.03. The molecule has 0 amide bonds. The molecule has 0 bridgehead atoms. The van der Waals surface area contributed by atoms with Crippen molar-refractivity contribution in [3.8, 4) is 0 Å². The van der Waals surface area contributed by atoms with Crippen LogP contribution >= 0.6 is 0 Å². The van der Waals surface area contributed by atoms with Gasteiger partial charge in [-0.15, -0.1) is 0 Å². The van der Waals surface area contributed by atoms with Crippen LogP contribution in [-0.4, -0.2) is 30.6 Å². The zero-order chi connectivity index (χ0) is 14.2. The molecule has 1 aromatic rings. The van der Waals surface area contributed by atoms with Crippen molar-refractivity contribution in [1.29, 1.82) is 0 Å². The van der Waals surface area contributed by atoms with E-state index in [9.17, 15) is 13.2 Å². The van der Waals surface area contributed by atoms with E-state index in [4.69, 9.17) is 0 Å². The van der Waals surface area contributed by atoms with Crippen molar-refractivity contribution in [2.45, 2.75) is 19.5 Å². The zero-order valence-electron chi connectivity index (χ0n) is 11.1. The summed E-state index contributed by atoms with van der Waals surface area (Å²) < 4.78 is 38.1. The van der Waals surface area contributed by atoms with Crippen LogP contribution < -0.4 is 10.2 Å². The fourth-order valence-corrected chi connectivity index (χ4v) is 1.98. The van der Waals surface area contributed by atoms with Gasteiger partial charge >= 0.3 is 6.18 Å². The van der Waals surface area contributed by atoms with E-state index in [0.717, 1.165) is 13.0 Å². The number of hydrogen-bond acceptors (Lipinski definition) is 4. The molecule has 0 spiro atoms. The van der Waals surface area contributed by atoms with Gasteiger partial charge in [0.15, 0.2) is 0 Å². The molecule has 2 rings (SSSR count). The summed E-state index contributed by atoms with van der Waals surface area (Å²) in [6, 6.07) is 1.53. The van der Waals surface area contributed by atoms with Crippen molar-refractivity contribution in [3.05, 3.63) is 11.9 Å². The first kappa shape index (κ1) is 13.9. The second-order valence-corrected chi connectivity index (χ2v) is 5.04. The van der Waals surface area contributed by atoms with Crippen LogP contribution in [0.15, 0.2) is 6.07 Å². The fraction of sp³-hybridized carbons (Fsp3) is 0.667. The molecule has 4 nitrogen and oxygen atoms in total. The number of aromatic nitrogens is 2. The van der Waals surface area contributed by atoms with Gasteiger partial charge in [-0.05, 0) is 18.3 Å². The Morgan fingerprint density at radius 2 is 2.05 bits per heavy atom. The zero-order valence-corrected chi connectivity index (χ0v) is 11.1. The van der Waals surface area contributed by atoms with Crippen molar-refractivity contribution in [3.63, 3.8) is 0 Å². The lowest BCUT2D eigenvalue weighted by Gasteiger charge is -2.20. The van der Waals surface area contributed by atoms with Crippen LogP contribution in [0, 0.1) is 11.8 Å². The van der Waals surface area contributed by atoms with Gasteiger partial charge in [-0.3, -0.25) is 0 Å². The Kier molecular flexibility index (Phi) is 3.56. The first-order valence-corrected chi connectivity index (χ1v) is 6.16. The lowest BCUT2D eigenvalue weighted by molar-refractivity contribution is -0.144. The molecule has 1 aliphatic rings. The number of rotatable bonds is 4. The number of hydrogen-bond donors (Lipinski definition) is 1. The molecule has 2 unspecified atom stereocenters. The van der Waals surface area contributed by atoms with E-state index < -0.39 is 12.0 Å². The molecule has 1 fully saturated rings. The van der Waals surface area contributed by atoms with Crippen molar-refractivity contribution >= 4 is 11.6 Å². The SMILES string of the molecule is CNc1cc(N(C)CC2CC2C)nc(C(F)(F)F)n1. The van der Waals surface area contributed by atoms with Gasteiger partial charge in [0, 0.05) is 26.7 Å². The van der Waals surface area contributed by atoms with E-state index in [0.29, 0.717) is 17.7 Å². The van der Waals surface area contributed by atoms with Crippen LogP contribution in [0.4, 0.5) is 24.8 Å². The van der Waals surface area contributed by atoms with Gasteiger partial charge in [-0.25, -0.2) is 9.97 Å². The van der Waals surface area contributed by atoms with Crippen molar-refractivity contribution in [2.24, 2.45) is 11.8 Å². The first-order valence-electron chi connectivity index (χ1n) is 6.16. The molecule has 0 saturated heterocycles. The lowest BCUT2D eigenvalue weighted by Crippen LogP contribution is -2.24. The summed E-state index contributed by atoms with van der Waals surface area (Å²) in [6.07, 6.45) is -3.41. The van der Waals surface area contributed by atoms with Crippen LogP contribution in [0.3, 0.4) is 0 Å². The second-order valence-electron chi connectivity index (χ2n) is 5.04. The fourth-order valence-electron chi connectivity index (χ4n) is 1.98. The summed E-state index contributed by atoms with van der Waals surface area (Å²) in [5.41, 5.74) is 0. The van der Waals surface area contributed by atoms with Gasteiger partial charge in [0.05, 0.1) is 0 Å². The van der Waals surface area contributed by atoms with E-state index in [1.807, 2.05) is 0 Å². The molecule has 106 valence electrons. The van der Waals surface area contributed by atoms with Crippen LogP contribution in [0.5, 0.6) is 0 Å². The maximum absolute atomic E-state index is 12.7. The quantitative estimate of drug-likeness (QED) is 0.916. The average molecular weight is 274 g/mol. The third-order valence-corrected chi connectivity index (χ3v) is 3.40. The Balaban J connectivity index is 2.23. The summed E-state index contributed by atoms with van der Waals surface area (Å²) in [4.78, 5) is 8.81. The first-order chi connectivity index (χ1) is 8.81. The normalized spacial score (nSPS) is 22.2. The van der Waals surface area contributed by atoms with E-state index in [1.165, 1.54) is 13.1 Å². The highest BCUT2D eigenvalue weighted by Gasteiger charge is 2.37. The Morgan fingerprint density at radius 3 is 2.53 bits per heavy atom. The Morgan fingerprint density at radius 1 is 1.42 bits per heavy atom. The topological polar surface area (TPSA) is 41.0 Å². The Hall–Kier alpha value is -1.53. The van der Waals surface area contributed by atoms with Gasteiger partial charge in [0.25, 0.3) is 0 Å². The minimum Gasteiger partial charge on any atom is -0.373 e. The number of anilines is 2. The smallest absolute Gasteiger partial charge is 0.373 e. The van der Waals surface area contributed by atoms with Gasteiger partial charge in [-0.2, -0.15) is 13.2 Å². The third kappa shape index (κ3) is 3.27. The maximum atomic E-state index is 12.7. The molecule has 1 saturated carbocycles.